The molecular formula is C17H28N2O2. The molecule has 2 atom stereocenters. The average Bonchev–Trinajstić information content (AvgIpc) is 2.51. The fraction of sp³-hybridized carbons (Fsp3) is 0.588. The molecule has 4 heteroatoms. The van der Waals surface area contributed by atoms with E-state index in [1.165, 1.54) is 0 Å². The first-order valence-electron chi connectivity index (χ1n) is 7.82. The third-order valence-corrected chi connectivity index (χ3v) is 3.75. The monoisotopic (exact) mass is 292 g/mol. The van der Waals surface area contributed by atoms with E-state index in [1.807, 2.05) is 31.2 Å². The van der Waals surface area contributed by atoms with Gasteiger partial charge < -0.3 is 15.7 Å². The molecule has 1 rings (SSSR count). The van der Waals surface area contributed by atoms with Gasteiger partial charge in [-0.2, -0.15) is 0 Å². The van der Waals surface area contributed by atoms with Crippen LogP contribution in [-0.4, -0.2) is 30.2 Å². The molecule has 1 aromatic rings. The Morgan fingerprint density at radius 2 is 1.86 bits per heavy atom. The van der Waals surface area contributed by atoms with Crippen LogP contribution in [0.5, 0.6) is 0 Å². The second-order valence-corrected chi connectivity index (χ2v) is 5.62. The number of aliphatic hydroxyl groups is 1. The van der Waals surface area contributed by atoms with Crippen LogP contribution in [0.3, 0.4) is 0 Å². The first-order chi connectivity index (χ1) is 10.1. The second kappa shape index (κ2) is 9.40. The second-order valence-electron chi connectivity index (χ2n) is 5.62. The molecule has 0 spiro atoms. The van der Waals surface area contributed by atoms with Crippen molar-refractivity contribution in [3.8, 4) is 0 Å². The minimum atomic E-state index is -0.144. The van der Waals surface area contributed by atoms with Crippen molar-refractivity contribution in [1.29, 1.82) is 0 Å². The summed E-state index contributed by atoms with van der Waals surface area (Å²) < 4.78 is 0. The third-order valence-electron chi connectivity index (χ3n) is 3.75. The zero-order valence-electron chi connectivity index (χ0n) is 13.4. The van der Waals surface area contributed by atoms with Gasteiger partial charge in [0.25, 0.3) is 0 Å². The Morgan fingerprint density at radius 3 is 2.38 bits per heavy atom. The maximum Gasteiger partial charge on any atom is 0.224 e. The molecule has 0 aliphatic carbocycles. The highest BCUT2D eigenvalue weighted by molar-refractivity contribution is 5.79. The first kappa shape index (κ1) is 17.5. The van der Waals surface area contributed by atoms with Crippen LogP contribution in [-0.2, 0) is 11.2 Å². The van der Waals surface area contributed by atoms with E-state index in [2.05, 4.69) is 24.5 Å². The zero-order chi connectivity index (χ0) is 15.7. The van der Waals surface area contributed by atoms with Crippen LogP contribution in [0, 0.1) is 5.92 Å². The summed E-state index contributed by atoms with van der Waals surface area (Å²) in [5.41, 5.74) is 2.07. The van der Waals surface area contributed by atoms with Crippen LogP contribution in [0.15, 0.2) is 24.3 Å². The summed E-state index contributed by atoms with van der Waals surface area (Å²) in [4.78, 5) is 11.8. The highest BCUT2D eigenvalue weighted by atomic mass is 16.3. The number of nitrogens with one attached hydrogen (secondary N) is 2. The summed E-state index contributed by atoms with van der Waals surface area (Å²) in [5.74, 6) is 0.608. The molecule has 1 aromatic carbocycles. The molecule has 1 amide bonds. The van der Waals surface area contributed by atoms with Crippen LogP contribution >= 0.6 is 0 Å². The lowest BCUT2D eigenvalue weighted by Crippen LogP contribution is -2.37. The average molecular weight is 292 g/mol. The molecule has 0 aliphatic heterocycles. The van der Waals surface area contributed by atoms with Crippen LogP contribution in [0.1, 0.15) is 39.2 Å². The number of carbonyl (C=O) groups is 1. The van der Waals surface area contributed by atoms with Crippen molar-refractivity contribution in [3.63, 3.8) is 0 Å². The molecular weight excluding hydrogens is 264 g/mol. The van der Waals surface area contributed by atoms with E-state index in [0.29, 0.717) is 12.3 Å². The van der Waals surface area contributed by atoms with Crippen molar-refractivity contribution >= 4 is 11.6 Å². The van der Waals surface area contributed by atoms with Crippen molar-refractivity contribution in [3.05, 3.63) is 29.8 Å². The number of rotatable bonds is 9. The molecule has 0 saturated carbocycles. The maximum atomic E-state index is 11.8. The number of anilines is 1. The Kier molecular flexibility index (Phi) is 7.83. The first-order valence-corrected chi connectivity index (χ1v) is 7.82. The van der Waals surface area contributed by atoms with E-state index in [-0.39, 0.29) is 18.6 Å². The van der Waals surface area contributed by atoms with Gasteiger partial charge in [0.2, 0.25) is 5.91 Å². The number of aliphatic hydroxyl groups excluding tert-OH is 1. The molecule has 0 saturated heterocycles. The van der Waals surface area contributed by atoms with E-state index < -0.39 is 0 Å². The molecule has 3 N–H and O–H groups in total. The lowest BCUT2D eigenvalue weighted by Gasteiger charge is -2.14. The molecule has 118 valence electrons. The number of hydrogen-bond acceptors (Lipinski definition) is 3. The minimum absolute atomic E-state index is 0.0132. The normalized spacial score (nSPS) is 13.5. The lowest BCUT2D eigenvalue weighted by atomic mass is 10.1. The molecule has 0 heterocycles. The topological polar surface area (TPSA) is 61.4 Å². The minimum Gasteiger partial charge on any atom is -0.394 e. The summed E-state index contributed by atoms with van der Waals surface area (Å²) in [6, 6.07) is 7.81. The van der Waals surface area contributed by atoms with Crippen molar-refractivity contribution in [2.75, 3.05) is 18.5 Å². The number of benzene rings is 1. The van der Waals surface area contributed by atoms with Gasteiger partial charge in [0.05, 0.1) is 19.1 Å². The number of amides is 1. The molecule has 2 unspecified atom stereocenters. The fourth-order valence-corrected chi connectivity index (χ4v) is 1.92. The van der Waals surface area contributed by atoms with Gasteiger partial charge in [0, 0.05) is 12.2 Å². The van der Waals surface area contributed by atoms with Crippen molar-refractivity contribution < 1.29 is 9.90 Å². The van der Waals surface area contributed by atoms with E-state index in [4.69, 9.17) is 5.11 Å². The van der Waals surface area contributed by atoms with Crippen molar-refractivity contribution in [2.24, 2.45) is 5.92 Å². The summed E-state index contributed by atoms with van der Waals surface area (Å²) in [6.07, 6.45) is 2.25. The maximum absolute atomic E-state index is 11.8. The van der Waals surface area contributed by atoms with Gasteiger partial charge in [-0.15, -0.1) is 0 Å². The van der Waals surface area contributed by atoms with E-state index >= 15 is 0 Å². The fourth-order valence-electron chi connectivity index (χ4n) is 1.92. The Morgan fingerprint density at radius 1 is 1.19 bits per heavy atom. The predicted molar refractivity (Wildman–Crippen MR) is 87.4 cm³/mol. The van der Waals surface area contributed by atoms with Gasteiger partial charge in [-0.25, -0.2) is 0 Å². The lowest BCUT2D eigenvalue weighted by molar-refractivity contribution is -0.121. The standard InChI is InChI=1S/C17H28N2O2/c1-4-13(3)11-18-16-8-6-14(7-9-16)10-17(21)19-15(5-2)12-20/h6-9,13,15,18,20H,4-5,10-12H2,1-3H3,(H,19,21). The van der Waals surface area contributed by atoms with Gasteiger partial charge in [0.1, 0.15) is 0 Å². The summed E-state index contributed by atoms with van der Waals surface area (Å²) in [5, 5.41) is 15.3. The largest absolute Gasteiger partial charge is 0.394 e. The highest BCUT2D eigenvalue weighted by Crippen LogP contribution is 2.11. The van der Waals surface area contributed by atoms with Gasteiger partial charge in [0.15, 0.2) is 0 Å². The summed E-state index contributed by atoms with van der Waals surface area (Å²) >= 11 is 0. The Bertz CT molecular complexity index is 413. The van der Waals surface area contributed by atoms with Crippen molar-refractivity contribution in [1.82, 2.24) is 5.32 Å². The summed E-state index contributed by atoms with van der Waals surface area (Å²) in [7, 11) is 0. The quantitative estimate of drug-likeness (QED) is 0.655. The van der Waals surface area contributed by atoms with Gasteiger partial charge in [-0.3, -0.25) is 4.79 Å². The Hall–Kier alpha value is -1.55. The molecule has 21 heavy (non-hydrogen) atoms. The molecule has 0 bridgehead atoms. The van der Waals surface area contributed by atoms with Crippen molar-refractivity contribution in [2.45, 2.75) is 46.1 Å². The third kappa shape index (κ3) is 6.63. The van der Waals surface area contributed by atoms with E-state index in [9.17, 15) is 4.79 Å². The number of carbonyl (C=O) groups excluding carboxylic acids is 1. The van der Waals surface area contributed by atoms with E-state index in [0.717, 1.165) is 30.6 Å². The summed E-state index contributed by atoms with van der Waals surface area (Å²) in [6.45, 7) is 7.30. The molecule has 0 fully saturated rings. The molecule has 0 aliphatic rings. The predicted octanol–water partition coefficient (Wildman–Crippen LogP) is 2.57. The Labute approximate surface area is 128 Å². The van der Waals surface area contributed by atoms with Crippen LogP contribution in [0.4, 0.5) is 5.69 Å². The van der Waals surface area contributed by atoms with Gasteiger partial charge in [-0.05, 0) is 30.0 Å². The molecule has 4 nitrogen and oxygen atoms in total. The molecule has 0 radical (unpaired) electrons. The van der Waals surface area contributed by atoms with E-state index in [1.54, 1.807) is 0 Å². The molecule has 0 aromatic heterocycles. The van der Waals surface area contributed by atoms with Gasteiger partial charge >= 0.3 is 0 Å². The SMILES string of the molecule is CCC(C)CNc1ccc(CC(=O)NC(CC)CO)cc1. The zero-order valence-corrected chi connectivity index (χ0v) is 13.4. The smallest absolute Gasteiger partial charge is 0.224 e. The number of hydrogen-bond donors (Lipinski definition) is 3. The van der Waals surface area contributed by atoms with Crippen LogP contribution in [0.25, 0.3) is 0 Å². The van der Waals surface area contributed by atoms with Crippen LogP contribution < -0.4 is 10.6 Å². The Balaban J connectivity index is 2.45. The van der Waals surface area contributed by atoms with Gasteiger partial charge in [-0.1, -0.05) is 39.3 Å². The highest BCUT2D eigenvalue weighted by Gasteiger charge is 2.09. The van der Waals surface area contributed by atoms with Crippen LogP contribution in [0.2, 0.25) is 0 Å².